The molecule has 1 unspecified atom stereocenters. The Morgan fingerprint density at radius 1 is 1.23 bits per heavy atom. The van der Waals surface area contributed by atoms with Gasteiger partial charge in [0.05, 0.1) is 17.9 Å². The summed E-state index contributed by atoms with van der Waals surface area (Å²) in [5.74, 6) is 0.637. The molecule has 6 heteroatoms. The second kappa shape index (κ2) is 6.42. The molecule has 112 valence electrons. The first-order chi connectivity index (χ1) is 10.6. The number of aromatic nitrogens is 3. The third-order valence-corrected chi connectivity index (χ3v) is 4.93. The van der Waals surface area contributed by atoms with E-state index >= 15 is 0 Å². The van der Waals surface area contributed by atoms with Crippen LogP contribution in [0.4, 0.5) is 5.82 Å². The van der Waals surface area contributed by atoms with Crippen molar-refractivity contribution in [1.82, 2.24) is 15.0 Å². The van der Waals surface area contributed by atoms with Gasteiger partial charge in [0.1, 0.15) is 22.2 Å². The summed E-state index contributed by atoms with van der Waals surface area (Å²) < 4.78 is 0. The number of aryl methyl sites for hydroxylation is 1. The first-order valence-corrected chi connectivity index (χ1v) is 8.09. The number of nitrogens with zero attached hydrogens (tertiary/aromatic N) is 3. The van der Waals surface area contributed by atoms with Crippen molar-refractivity contribution in [2.75, 3.05) is 5.32 Å². The average Bonchev–Trinajstić information content (AvgIpc) is 2.92. The van der Waals surface area contributed by atoms with E-state index in [2.05, 4.69) is 39.3 Å². The molecule has 3 rings (SSSR count). The molecule has 22 heavy (non-hydrogen) atoms. The summed E-state index contributed by atoms with van der Waals surface area (Å²) in [6, 6.07) is 10.3. The van der Waals surface area contributed by atoms with E-state index in [-0.39, 0.29) is 6.04 Å². The third-order valence-electron chi connectivity index (χ3n) is 3.27. The quantitative estimate of drug-likeness (QED) is 0.751. The highest BCUT2D eigenvalue weighted by Crippen LogP contribution is 2.33. The largest absolute Gasteiger partial charge is 0.361 e. The topological polar surface area (TPSA) is 50.7 Å². The highest BCUT2D eigenvalue weighted by atomic mass is 35.5. The standard InChI is InChI=1S/C16H15ClN4S/c1-10(20-15-13(17)8-18-9-19-15)14-11(2)21-16(22-14)12-6-4-3-5-7-12/h3-10H,1-2H3,(H,18,19,20). The highest BCUT2D eigenvalue weighted by Gasteiger charge is 2.16. The van der Waals surface area contributed by atoms with Crippen LogP contribution in [0.15, 0.2) is 42.9 Å². The number of hydrogen-bond acceptors (Lipinski definition) is 5. The summed E-state index contributed by atoms with van der Waals surface area (Å²) in [5, 5.41) is 4.86. The molecule has 2 aromatic heterocycles. The van der Waals surface area contributed by atoms with Crippen LogP contribution in [0.3, 0.4) is 0 Å². The fourth-order valence-corrected chi connectivity index (χ4v) is 3.44. The van der Waals surface area contributed by atoms with Crippen LogP contribution >= 0.6 is 22.9 Å². The molecule has 3 aromatic rings. The molecule has 2 heterocycles. The number of rotatable bonds is 4. The molecule has 0 aliphatic rings. The van der Waals surface area contributed by atoms with Crippen molar-refractivity contribution in [2.45, 2.75) is 19.9 Å². The van der Waals surface area contributed by atoms with Crippen LogP contribution in [0.25, 0.3) is 10.6 Å². The lowest BCUT2D eigenvalue weighted by molar-refractivity contribution is 0.878. The first kappa shape index (κ1) is 14.9. The van der Waals surface area contributed by atoms with Crippen LogP contribution < -0.4 is 5.32 Å². The van der Waals surface area contributed by atoms with Crippen molar-refractivity contribution in [2.24, 2.45) is 0 Å². The molecule has 0 amide bonds. The van der Waals surface area contributed by atoms with Gasteiger partial charge in [-0.2, -0.15) is 0 Å². The lowest BCUT2D eigenvalue weighted by Gasteiger charge is -2.14. The van der Waals surface area contributed by atoms with E-state index in [0.717, 1.165) is 16.3 Å². The van der Waals surface area contributed by atoms with Crippen LogP contribution in [0.2, 0.25) is 5.02 Å². The van der Waals surface area contributed by atoms with Crippen LogP contribution in [0.5, 0.6) is 0 Å². The van der Waals surface area contributed by atoms with Crippen molar-refractivity contribution in [3.8, 4) is 10.6 Å². The molecule has 0 radical (unpaired) electrons. The maximum atomic E-state index is 6.10. The monoisotopic (exact) mass is 330 g/mol. The Hall–Kier alpha value is -1.98. The maximum Gasteiger partial charge on any atom is 0.148 e. The van der Waals surface area contributed by atoms with Crippen molar-refractivity contribution in [3.63, 3.8) is 0 Å². The molecule has 1 N–H and O–H groups in total. The Kier molecular flexibility index (Phi) is 4.36. The van der Waals surface area contributed by atoms with E-state index in [1.807, 2.05) is 25.1 Å². The van der Waals surface area contributed by atoms with Gasteiger partial charge in [0.15, 0.2) is 0 Å². The minimum atomic E-state index is 0.0716. The van der Waals surface area contributed by atoms with Gasteiger partial charge in [-0.05, 0) is 13.8 Å². The molecule has 4 nitrogen and oxygen atoms in total. The molecule has 0 fully saturated rings. The van der Waals surface area contributed by atoms with Crippen LogP contribution in [0.1, 0.15) is 23.5 Å². The number of anilines is 1. The predicted molar refractivity (Wildman–Crippen MR) is 91.4 cm³/mol. The Labute approximate surface area is 138 Å². The Balaban J connectivity index is 1.86. The summed E-state index contributed by atoms with van der Waals surface area (Å²) in [5.41, 5.74) is 2.16. The maximum absolute atomic E-state index is 6.10. The van der Waals surface area contributed by atoms with Gasteiger partial charge in [0.2, 0.25) is 0 Å². The molecule has 0 aliphatic carbocycles. The van der Waals surface area contributed by atoms with Gasteiger partial charge in [0.25, 0.3) is 0 Å². The van der Waals surface area contributed by atoms with E-state index in [4.69, 9.17) is 11.6 Å². The summed E-state index contributed by atoms with van der Waals surface area (Å²) in [6.07, 6.45) is 3.06. The lowest BCUT2D eigenvalue weighted by atomic mass is 10.2. The van der Waals surface area contributed by atoms with Crippen molar-refractivity contribution in [3.05, 3.63) is 58.4 Å². The van der Waals surface area contributed by atoms with E-state index in [0.29, 0.717) is 10.8 Å². The number of thiazole rings is 1. The second-order valence-electron chi connectivity index (χ2n) is 4.92. The number of nitrogens with one attached hydrogen (secondary N) is 1. The second-order valence-corrected chi connectivity index (χ2v) is 6.36. The van der Waals surface area contributed by atoms with Gasteiger partial charge in [-0.25, -0.2) is 15.0 Å². The van der Waals surface area contributed by atoms with Crippen molar-refractivity contribution >= 4 is 28.8 Å². The average molecular weight is 331 g/mol. The zero-order chi connectivity index (χ0) is 15.5. The van der Waals surface area contributed by atoms with E-state index < -0.39 is 0 Å². The Morgan fingerprint density at radius 2 is 2.00 bits per heavy atom. The molecule has 0 bridgehead atoms. The third kappa shape index (κ3) is 3.10. The van der Waals surface area contributed by atoms with Crippen molar-refractivity contribution < 1.29 is 0 Å². The molecule has 0 saturated carbocycles. The van der Waals surface area contributed by atoms with Crippen LogP contribution in [-0.4, -0.2) is 15.0 Å². The summed E-state index contributed by atoms with van der Waals surface area (Å²) in [7, 11) is 0. The van der Waals surface area contributed by atoms with Gasteiger partial charge in [-0.1, -0.05) is 41.9 Å². The zero-order valence-corrected chi connectivity index (χ0v) is 13.8. The molecule has 1 atom stereocenters. The SMILES string of the molecule is Cc1nc(-c2ccccc2)sc1C(C)Nc1ncncc1Cl. The number of halogens is 1. The van der Waals surface area contributed by atoms with Gasteiger partial charge in [-0.15, -0.1) is 11.3 Å². The molecule has 0 aliphatic heterocycles. The van der Waals surface area contributed by atoms with E-state index in [1.165, 1.54) is 11.2 Å². The Morgan fingerprint density at radius 3 is 2.73 bits per heavy atom. The number of hydrogen-bond donors (Lipinski definition) is 1. The van der Waals surface area contributed by atoms with Gasteiger partial charge >= 0.3 is 0 Å². The fourth-order valence-electron chi connectivity index (χ4n) is 2.20. The normalized spacial score (nSPS) is 12.1. The zero-order valence-electron chi connectivity index (χ0n) is 12.2. The minimum Gasteiger partial charge on any atom is -0.361 e. The summed E-state index contributed by atoms with van der Waals surface area (Å²) >= 11 is 7.78. The van der Waals surface area contributed by atoms with E-state index in [1.54, 1.807) is 17.5 Å². The van der Waals surface area contributed by atoms with Crippen LogP contribution in [0, 0.1) is 6.92 Å². The predicted octanol–water partition coefficient (Wildman–Crippen LogP) is 4.74. The Bertz CT molecular complexity index is 773. The summed E-state index contributed by atoms with van der Waals surface area (Å²) in [4.78, 5) is 13.9. The van der Waals surface area contributed by atoms with Crippen LogP contribution in [-0.2, 0) is 0 Å². The van der Waals surface area contributed by atoms with Gasteiger partial charge < -0.3 is 5.32 Å². The van der Waals surface area contributed by atoms with Gasteiger partial charge in [-0.3, -0.25) is 0 Å². The highest BCUT2D eigenvalue weighted by molar-refractivity contribution is 7.15. The minimum absolute atomic E-state index is 0.0716. The molecular weight excluding hydrogens is 316 g/mol. The van der Waals surface area contributed by atoms with E-state index in [9.17, 15) is 0 Å². The lowest BCUT2D eigenvalue weighted by Crippen LogP contribution is -2.08. The fraction of sp³-hybridized carbons (Fsp3) is 0.188. The molecular formula is C16H15ClN4S. The van der Waals surface area contributed by atoms with Crippen molar-refractivity contribution in [1.29, 1.82) is 0 Å². The first-order valence-electron chi connectivity index (χ1n) is 6.90. The molecule has 0 saturated heterocycles. The smallest absolute Gasteiger partial charge is 0.148 e. The molecule has 1 aromatic carbocycles. The summed E-state index contributed by atoms with van der Waals surface area (Å²) in [6.45, 7) is 4.10. The molecule has 0 spiro atoms. The van der Waals surface area contributed by atoms with Gasteiger partial charge in [0, 0.05) is 10.4 Å². The number of benzene rings is 1.